The van der Waals surface area contributed by atoms with Crippen LogP contribution < -0.4 is 10.2 Å². The maximum Gasteiger partial charge on any atom is 0.271 e. The number of aryl methyl sites for hydroxylation is 1. The van der Waals surface area contributed by atoms with Crippen molar-refractivity contribution in [1.29, 1.82) is 0 Å². The number of nitrogens with zero attached hydrogens (tertiary/aromatic N) is 2. The molecule has 5 aromatic rings. The molecule has 5 nitrogen and oxygen atoms in total. The lowest BCUT2D eigenvalue weighted by atomic mass is 10.1. The molecule has 1 heterocycles. The number of amides is 1. The molecule has 1 amide bonds. The van der Waals surface area contributed by atoms with E-state index >= 15 is 0 Å². The van der Waals surface area contributed by atoms with Gasteiger partial charge in [-0.2, -0.15) is 5.10 Å². The highest BCUT2D eigenvalue weighted by Crippen LogP contribution is 2.27. The average Bonchev–Trinajstić information content (AvgIpc) is 3.36. The largest absolute Gasteiger partial charge is 0.489 e. The summed E-state index contributed by atoms with van der Waals surface area (Å²) in [5, 5.41) is 5.11. The van der Waals surface area contributed by atoms with Crippen LogP contribution in [0.2, 0.25) is 10.0 Å². The van der Waals surface area contributed by atoms with Gasteiger partial charge >= 0.3 is 0 Å². The van der Waals surface area contributed by atoms with Crippen molar-refractivity contribution < 1.29 is 9.53 Å². The van der Waals surface area contributed by atoms with E-state index in [0.29, 0.717) is 28.0 Å². The van der Waals surface area contributed by atoms with E-state index in [1.165, 1.54) is 0 Å². The third kappa shape index (κ3) is 6.40. The van der Waals surface area contributed by atoms with Crippen LogP contribution in [0.5, 0.6) is 5.75 Å². The van der Waals surface area contributed by atoms with Gasteiger partial charge in [0.2, 0.25) is 0 Å². The van der Waals surface area contributed by atoms with Crippen molar-refractivity contribution in [2.45, 2.75) is 13.5 Å². The number of ether oxygens (including phenoxy) is 1. The number of hydrazone groups is 1. The summed E-state index contributed by atoms with van der Waals surface area (Å²) in [6, 6.07) is 34.7. The molecule has 7 heteroatoms. The summed E-state index contributed by atoms with van der Waals surface area (Å²) in [6.07, 6.45) is 1.59. The number of halogens is 2. The van der Waals surface area contributed by atoms with Crippen LogP contribution in [0.25, 0.3) is 16.9 Å². The Labute approximate surface area is 237 Å². The van der Waals surface area contributed by atoms with E-state index in [4.69, 9.17) is 27.9 Å². The standard InChI is InChI=1S/C32H25Cl2N3O2/c1-22-7-18-31(25-5-3-2-4-6-25)37(22)27-13-11-26(12-14-27)32(38)36-35-20-23-8-15-28(16-9-23)39-21-24-10-17-29(33)30(34)19-24/h2-20H,21H2,1H3,(H,36,38)/b35-20+. The second-order valence-corrected chi connectivity index (χ2v) is 9.73. The van der Waals surface area contributed by atoms with Crippen molar-refractivity contribution in [2.75, 3.05) is 0 Å². The van der Waals surface area contributed by atoms with Gasteiger partial charge in [0.05, 0.1) is 22.0 Å². The highest BCUT2D eigenvalue weighted by molar-refractivity contribution is 6.42. The lowest BCUT2D eigenvalue weighted by Crippen LogP contribution is -2.17. The van der Waals surface area contributed by atoms with Crippen LogP contribution in [0.3, 0.4) is 0 Å². The van der Waals surface area contributed by atoms with Gasteiger partial charge in [0.25, 0.3) is 5.91 Å². The third-order valence-electron chi connectivity index (χ3n) is 6.18. The molecule has 0 fully saturated rings. The molecule has 0 saturated heterocycles. The molecule has 0 aliphatic rings. The molecule has 0 unspecified atom stereocenters. The zero-order valence-electron chi connectivity index (χ0n) is 21.1. The Morgan fingerprint density at radius 1 is 0.872 bits per heavy atom. The first-order valence-electron chi connectivity index (χ1n) is 12.3. The predicted octanol–water partition coefficient (Wildman–Crippen LogP) is 8.10. The lowest BCUT2D eigenvalue weighted by molar-refractivity contribution is 0.0955. The van der Waals surface area contributed by atoms with Gasteiger partial charge in [0, 0.05) is 16.9 Å². The summed E-state index contributed by atoms with van der Waals surface area (Å²) >= 11 is 12.0. The van der Waals surface area contributed by atoms with Crippen molar-refractivity contribution in [3.8, 4) is 22.7 Å². The second kappa shape index (κ2) is 12.0. The quantitative estimate of drug-likeness (QED) is 0.156. The molecule has 1 aromatic heterocycles. The summed E-state index contributed by atoms with van der Waals surface area (Å²) in [5.74, 6) is 0.419. The normalized spacial score (nSPS) is 11.1. The Bertz CT molecular complexity index is 1610. The first-order valence-corrected chi connectivity index (χ1v) is 13.1. The van der Waals surface area contributed by atoms with E-state index in [1.807, 2.05) is 60.7 Å². The maximum atomic E-state index is 12.6. The van der Waals surface area contributed by atoms with Gasteiger partial charge in [-0.25, -0.2) is 5.43 Å². The fourth-order valence-electron chi connectivity index (χ4n) is 4.15. The first kappa shape index (κ1) is 26.3. The van der Waals surface area contributed by atoms with Crippen molar-refractivity contribution in [3.05, 3.63) is 142 Å². The minimum Gasteiger partial charge on any atom is -0.489 e. The zero-order chi connectivity index (χ0) is 27.2. The number of benzene rings is 4. The zero-order valence-corrected chi connectivity index (χ0v) is 22.7. The van der Waals surface area contributed by atoms with Gasteiger partial charge in [-0.1, -0.05) is 59.6 Å². The molecular weight excluding hydrogens is 529 g/mol. The minimum absolute atomic E-state index is 0.285. The number of aromatic nitrogens is 1. The summed E-state index contributed by atoms with van der Waals surface area (Å²) in [7, 11) is 0. The minimum atomic E-state index is -0.285. The molecule has 0 aliphatic carbocycles. The lowest BCUT2D eigenvalue weighted by Gasteiger charge is -2.12. The topological polar surface area (TPSA) is 55.6 Å². The third-order valence-corrected chi connectivity index (χ3v) is 6.92. The number of hydrogen-bond donors (Lipinski definition) is 1. The van der Waals surface area contributed by atoms with Gasteiger partial charge in [-0.05, 0) is 96.4 Å². The number of carbonyl (C=O) groups excluding carboxylic acids is 1. The fraction of sp³-hybridized carbons (Fsp3) is 0.0625. The number of hydrogen-bond acceptors (Lipinski definition) is 3. The molecule has 1 N–H and O–H groups in total. The summed E-state index contributed by atoms with van der Waals surface area (Å²) < 4.78 is 7.97. The molecule has 0 aliphatic heterocycles. The summed E-state index contributed by atoms with van der Waals surface area (Å²) in [4.78, 5) is 12.6. The predicted molar refractivity (Wildman–Crippen MR) is 158 cm³/mol. The SMILES string of the molecule is Cc1ccc(-c2ccccc2)n1-c1ccc(C(=O)N/N=C/c2ccc(OCc3ccc(Cl)c(Cl)c3)cc2)cc1. The average molecular weight is 554 g/mol. The van der Waals surface area contributed by atoms with Crippen LogP contribution in [0.1, 0.15) is 27.2 Å². The van der Waals surface area contributed by atoms with Crippen LogP contribution >= 0.6 is 23.2 Å². The van der Waals surface area contributed by atoms with Crippen molar-refractivity contribution in [2.24, 2.45) is 5.10 Å². The van der Waals surface area contributed by atoms with Gasteiger partial charge in [-0.15, -0.1) is 0 Å². The molecule has 0 spiro atoms. The van der Waals surface area contributed by atoms with E-state index in [9.17, 15) is 4.79 Å². The van der Waals surface area contributed by atoms with Gasteiger partial charge in [-0.3, -0.25) is 4.79 Å². The molecule has 0 atom stereocenters. The van der Waals surface area contributed by atoms with Crippen LogP contribution in [-0.4, -0.2) is 16.7 Å². The van der Waals surface area contributed by atoms with Crippen molar-refractivity contribution in [3.63, 3.8) is 0 Å². The van der Waals surface area contributed by atoms with Crippen LogP contribution in [-0.2, 0) is 6.61 Å². The van der Waals surface area contributed by atoms with E-state index in [0.717, 1.165) is 33.8 Å². The molecule has 5 rings (SSSR count). The highest BCUT2D eigenvalue weighted by atomic mass is 35.5. The van der Waals surface area contributed by atoms with Crippen LogP contribution in [0, 0.1) is 6.92 Å². The number of carbonyl (C=O) groups is 1. The maximum absolute atomic E-state index is 12.6. The monoisotopic (exact) mass is 553 g/mol. The van der Waals surface area contributed by atoms with Crippen LogP contribution in [0.4, 0.5) is 0 Å². The van der Waals surface area contributed by atoms with Crippen molar-refractivity contribution >= 4 is 35.3 Å². The van der Waals surface area contributed by atoms with E-state index < -0.39 is 0 Å². The molecule has 0 bridgehead atoms. The van der Waals surface area contributed by atoms with Gasteiger partial charge < -0.3 is 9.30 Å². The Morgan fingerprint density at radius 3 is 2.33 bits per heavy atom. The van der Waals surface area contributed by atoms with Gasteiger partial charge in [0.15, 0.2) is 0 Å². The van der Waals surface area contributed by atoms with Crippen LogP contribution in [0.15, 0.2) is 114 Å². The molecular formula is C32H25Cl2N3O2. The first-order chi connectivity index (χ1) is 19.0. The molecule has 4 aromatic carbocycles. The van der Waals surface area contributed by atoms with E-state index in [-0.39, 0.29) is 5.91 Å². The smallest absolute Gasteiger partial charge is 0.271 e. The number of nitrogens with one attached hydrogen (secondary N) is 1. The fourth-order valence-corrected chi connectivity index (χ4v) is 4.47. The Hall–Kier alpha value is -4.32. The Morgan fingerprint density at radius 2 is 1.62 bits per heavy atom. The molecule has 0 radical (unpaired) electrons. The molecule has 39 heavy (non-hydrogen) atoms. The summed E-state index contributed by atoms with van der Waals surface area (Å²) in [6.45, 7) is 2.44. The summed E-state index contributed by atoms with van der Waals surface area (Å²) in [5.41, 5.74) is 9.18. The van der Waals surface area contributed by atoms with Crippen molar-refractivity contribution in [1.82, 2.24) is 9.99 Å². The second-order valence-electron chi connectivity index (χ2n) is 8.91. The highest BCUT2D eigenvalue weighted by Gasteiger charge is 2.11. The molecule has 0 saturated carbocycles. The van der Waals surface area contributed by atoms with E-state index in [1.54, 1.807) is 30.5 Å². The molecule has 194 valence electrons. The number of rotatable bonds is 8. The van der Waals surface area contributed by atoms with Gasteiger partial charge in [0.1, 0.15) is 12.4 Å². The Kier molecular flexibility index (Phi) is 8.11. The van der Waals surface area contributed by atoms with E-state index in [2.05, 4.69) is 46.3 Å². The Balaban J connectivity index is 1.18.